The van der Waals surface area contributed by atoms with E-state index in [1.807, 2.05) is 13.8 Å². The van der Waals surface area contributed by atoms with E-state index in [9.17, 15) is 0 Å². The lowest BCUT2D eigenvalue weighted by Crippen LogP contribution is -2.30. The first-order valence-corrected chi connectivity index (χ1v) is 7.78. The Labute approximate surface area is 110 Å². The van der Waals surface area contributed by atoms with Crippen LogP contribution in [-0.2, 0) is 13.1 Å². The summed E-state index contributed by atoms with van der Waals surface area (Å²) in [6.45, 7) is 11.8. The summed E-state index contributed by atoms with van der Waals surface area (Å²) in [5.41, 5.74) is 1.37. The van der Waals surface area contributed by atoms with Gasteiger partial charge in [-0.15, -0.1) is 11.8 Å². The Morgan fingerprint density at radius 2 is 2.00 bits per heavy atom. The fourth-order valence-corrected chi connectivity index (χ4v) is 2.44. The molecule has 0 saturated carbocycles. The van der Waals surface area contributed by atoms with Crippen LogP contribution in [0, 0.1) is 0 Å². The van der Waals surface area contributed by atoms with E-state index in [1.165, 1.54) is 18.7 Å². The molecule has 0 saturated heterocycles. The normalized spacial score (nSPS) is 16.1. The Morgan fingerprint density at radius 1 is 1.29 bits per heavy atom. The highest BCUT2D eigenvalue weighted by molar-refractivity contribution is 7.98. The minimum Gasteiger partial charge on any atom is -0.295 e. The van der Waals surface area contributed by atoms with Crippen molar-refractivity contribution in [2.45, 2.75) is 58.3 Å². The molecule has 0 spiro atoms. The molecule has 1 aromatic heterocycles. The average Bonchev–Trinajstić information content (AvgIpc) is 2.62. The van der Waals surface area contributed by atoms with E-state index in [0.717, 1.165) is 18.1 Å². The number of aryl methyl sites for hydroxylation is 1. The molecule has 1 aliphatic heterocycles. The third-order valence-corrected chi connectivity index (χ3v) is 3.58. The minimum absolute atomic E-state index is 0.629. The molecule has 1 aliphatic rings. The van der Waals surface area contributed by atoms with Crippen LogP contribution in [-0.4, -0.2) is 33.5 Å². The van der Waals surface area contributed by atoms with Gasteiger partial charge in [0.05, 0.1) is 5.69 Å². The topological polar surface area (TPSA) is 21.1 Å². The predicted octanol–water partition coefficient (Wildman–Crippen LogP) is 3.25. The summed E-state index contributed by atoms with van der Waals surface area (Å²) in [4.78, 5) is 2.52. The highest BCUT2D eigenvalue weighted by atomic mass is 32.2. The quantitative estimate of drug-likeness (QED) is 0.757. The number of hydrogen-bond donors (Lipinski definition) is 0. The second-order valence-electron chi connectivity index (χ2n) is 4.32. The fourth-order valence-electron chi connectivity index (χ4n) is 2.00. The van der Waals surface area contributed by atoms with Crippen LogP contribution in [0.25, 0.3) is 0 Å². The Hall–Kier alpha value is -0.480. The lowest BCUT2D eigenvalue weighted by molar-refractivity contribution is 0.216. The molecular formula is C13H25N3S. The maximum atomic E-state index is 4.58. The van der Waals surface area contributed by atoms with Gasteiger partial charge in [-0.1, -0.05) is 13.8 Å². The van der Waals surface area contributed by atoms with E-state index in [0.29, 0.717) is 6.04 Å². The van der Waals surface area contributed by atoms with Crippen molar-refractivity contribution in [2.75, 3.05) is 12.8 Å². The lowest BCUT2D eigenvalue weighted by Gasteiger charge is -2.23. The fraction of sp³-hybridized carbons (Fsp3) is 0.769. The van der Waals surface area contributed by atoms with Crippen molar-refractivity contribution in [3.63, 3.8) is 0 Å². The summed E-state index contributed by atoms with van der Waals surface area (Å²) in [5, 5.41) is 5.72. The smallest absolute Gasteiger partial charge is 0.118 e. The van der Waals surface area contributed by atoms with Crippen LogP contribution in [0.1, 0.15) is 39.8 Å². The number of aromatic nitrogens is 2. The summed E-state index contributed by atoms with van der Waals surface area (Å²) in [6, 6.07) is 2.86. The van der Waals surface area contributed by atoms with Crippen molar-refractivity contribution in [3.8, 4) is 0 Å². The molecule has 0 bridgehead atoms. The van der Waals surface area contributed by atoms with Gasteiger partial charge in [0.25, 0.3) is 0 Å². The first kappa shape index (κ1) is 14.6. The number of hydrogen-bond acceptors (Lipinski definition) is 3. The zero-order chi connectivity index (χ0) is 12.8. The SMILES string of the molecule is CC.CSc1cc2n(n1)CCCN(C(C)C)C2. The van der Waals surface area contributed by atoms with Crippen LogP contribution < -0.4 is 0 Å². The number of thioether (sulfide) groups is 1. The predicted molar refractivity (Wildman–Crippen MR) is 75.5 cm³/mol. The van der Waals surface area contributed by atoms with Crippen molar-refractivity contribution in [3.05, 3.63) is 11.8 Å². The standard InChI is InChI=1S/C11H19N3S.C2H6/c1-9(2)13-5-4-6-14-10(8-13)7-11(12-14)15-3;1-2/h7,9H,4-6,8H2,1-3H3;1-2H3. The summed E-state index contributed by atoms with van der Waals surface area (Å²) in [6.07, 6.45) is 3.29. The van der Waals surface area contributed by atoms with Crippen LogP contribution in [0.3, 0.4) is 0 Å². The molecule has 0 fully saturated rings. The first-order valence-electron chi connectivity index (χ1n) is 6.55. The van der Waals surface area contributed by atoms with Gasteiger partial charge >= 0.3 is 0 Å². The van der Waals surface area contributed by atoms with E-state index < -0.39 is 0 Å². The molecule has 0 atom stereocenters. The van der Waals surface area contributed by atoms with Gasteiger partial charge in [-0.05, 0) is 32.6 Å². The molecule has 0 radical (unpaired) electrons. The van der Waals surface area contributed by atoms with Crippen LogP contribution in [0.4, 0.5) is 0 Å². The second-order valence-corrected chi connectivity index (χ2v) is 5.15. The maximum Gasteiger partial charge on any atom is 0.118 e. The maximum absolute atomic E-state index is 4.58. The van der Waals surface area contributed by atoms with Gasteiger partial charge < -0.3 is 0 Å². The highest BCUT2D eigenvalue weighted by Gasteiger charge is 2.17. The molecule has 4 heteroatoms. The third-order valence-electron chi connectivity index (χ3n) is 2.96. The zero-order valence-electron chi connectivity index (χ0n) is 11.7. The van der Waals surface area contributed by atoms with E-state index >= 15 is 0 Å². The number of rotatable bonds is 2. The third kappa shape index (κ3) is 3.75. The van der Waals surface area contributed by atoms with Crippen molar-refractivity contribution >= 4 is 11.8 Å². The summed E-state index contributed by atoms with van der Waals surface area (Å²) < 4.78 is 2.17. The van der Waals surface area contributed by atoms with Gasteiger partial charge in [0, 0.05) is 25.7 Å². The van der Waals surface area contributed by atoms with E-state index in [2.05, 4.69) is 40.9 Å². The Bertz CT molecular complexity index is 333. The summed E-state index contributed by atoms with van der Waals surface area (Å²) in [5.74, 6) is 0. The molecule has 17 heavy (non-hydrogen) atoms. The van der Waals surface area contributed by atoms with Crippen molar-refractivity contribution < 1.29 is 0 Å². The average molecular weight is 255 g/mol. The summed E-state index contributed by atoms with van der Waals surface area (Å²) >= 11 is 1.73. The van der Waals surface area contributed by atoms with Crippen LogP contribution in [0.2, 0.25) is 0 Å². The largest absolute Gasteiger partial charge is 0.295 e. The molecule has 1 aromatic rings. The molecular weight excluding hydrogens is 230 g/mol. The molecule has 0 aliphatic carbocycles. The van der Waals surface area contributed by atoms with Gasteiger partial charge in [-0.2, -0.15) is 5.10 Å². The highest BCUT2D eigenvalue weighted by Crippen LogP contribution is 2.19. The molecule has 0 unspecified atom stereocenters. The lowest BCUT2D eigenvalue weighted by atomic mass is 10.3. The van der Waals surface area contributed by atoms with Gasteiger partial charge in [0.15, 0.2) is 0 Å². The van der Waals surface area contributed by atoms with E-state index in [4.69, 9.17) is 0 Å². The van der Waals surface area contributed by atoms with Crippen LogP contribution in [0.5, 0.6) is 0 Å². The molecule has 2 rings (SSSR count). The molecule has 0 amide bonds. The van der Waals surface area contributed by atoms with Crippen LogP contribution in [0.15, 0.2) is 11.1 Å². The first-order chi connectivity index (χ1) is 8.20. The second kappa shape index (κ2) is 7.07. The number of fused-ring (bicyclic) bond motifs is 1. The van der Waals surface area contributed by atoms with E-state index in [-0.39, 0.29) is 0 Å². The minimum atomic E-state index is 0.629. The Morgan fingerprint density at radius 3 is 2.59 bits per heavy atom. The summed E-state index contributed by atoms with van der Waals surface area (Å²) in [7, 11) is 0. The molecule has 3 nitrogen and oxygen atoms in total. The number of nitrogens with zero attached hydrogens (tertiary/aromatic N) is 3. The van der Waals surface area contributed by atoms with Gasteiger partial charge in [-0.25, -0.2) is 0 Å². The molecule has 98 valence electrons. The van der Waals surface area contributed by atoms with Crippen molar-refractivity contribution in [2.24, 2.45) is 0 Å². The molecule has 2 heterocycles. The van der Waals surface area contributed by atoms with Crippen molar-refractivity contribution in [1.82, 2.24) is 14.7 Å². The van der Waals surface area contributed by atoms with Crippen LogP contribution >= 0.6 is 11.8 Å². The van der Waals surface area contributed by atoms with E-state index in [1.54, 1.807) is 11.8 Å². The van der Waals surface area contributed by atoms with Crippen molar-refractivity contribution in [1.29, 1.82) is 0 Å². The monoisotopic (exact) mass is 255 g/mol. The molecule has 0 N–H and O–H groups in total. The zero-order valence-corrected chi connectivity index (χ0v) is 12.5. The molecule has 0 aromatic carbocycles. The van der Waals surface area contributed by atoms with Gasteiger partial charge in [-0.3, -0.25) is 9.58 Å². The van der Waals surface area contributed by atoms with Gasteiger partial charge in [0.1, 0.15) is 5.03 Å². The van der Waals surface area contributed by atoms with Gasteiger partial charge in [0.2, 0.25) is 0 Å². The Kier molecular flexibility index (Phi) is 6.06. The Balaban J connectivity index is 0.000000686.